The van der Waals surface area contributed by atoms with Crippen molar-refractivity contribution in [3.8, 4) is 5.75 Å². The normalized spacial score (nSPS) is 16.1. The minimum absolute atomic E-state index is 0.312. The second kappa shape index (κ2) is 7.14. The molecule has 1 aliphatic carbocycles. The third-order valence-electron chi connectivity index (χ3n) is 3.77. The van der Waals surface area contributed by atoms with E-state index in [1.807, 2.05) is 12.1 Å². The Bertz CT molecular complexity index is 414. The van der Waals surface area contributed by atoms with Gasteiger partial charge in [0.15, 0.2) is 0 Å². The molecule has 0 radical (unpaired) electrons. The largest absolute Gasteiger partial charge is 0.493 e. The second-order valence-electron chi connectivity index (χ2n) is 5.11. The minimum Gasteiger partial charge on any atom is -0.493 e. The van der Waals surface area contributed by atoms with Crippen LogP contribution in [0.25, 0.3) is 0 Å². The number of hydrogen-bond acceptors (Lipinski definition) is 3. The van der Waals surface area contributed by atoms with E-state index in [-0.39, 0.29) is 5.91 Å². The molecular formula is C15H22N2O2. The van der Waals surface area contributed by atoms with Gasteiger partial charge >= 0.3 is 0 Å². The molecule has 2 rings (SSSR count). The lowest BCUT2D eigenvalue weighted by Gasteiger charge is -2.21. The topological polar surface area (TPSA) is 64.3 Å². The van der Waals surface area contributed by atoms with Gasteiger partial charge in [-0.3, -0.25) is 10.2 Å². The number of carbonyl (C=O) groups excluding carboxylic acids is 1. The molecule has 4 heteroatoms. The number of nitrogens with two attached hydrogens (primary N) is 1. The van der Waals surface area contributed by atoms with Crippen molar-refractivity contribution < 1.29 is 9.53 Å². The molecule has 0 bridgehead atoms. The van der Waals surface area contributed by atoms with Gasteiger partial charge in [0.1, 0.15) is 5.75 Å². The summed E-state index contributed by atoms with van der Waals surface area (Å²) in [6, 6.07) is 7.20. The van der Waals surface area contributed by atoms with Crippen molar-refractivity contribution in [1.82, 2.24) is 5.43 Å². The predicted molar refractivity (Wildman–Crippen MR) is 74.8 cm³/mol. The summed E-state index contributed by atoms with van der Waals surface area (Å²) in [6.07, 6.45) is 7.76. The molecule has 1 fully saturated rings. The number of nitrogens with one attached hydrogen (secondary N) is 1. The van der Waals surface area contributed by atoms with Crippen LogP contribution < -0.4 is 16.0 Å². The monoisotopic (exact) mass is 262 g/mol. The molecule has 19 heavy (non-hydrogen) atoms. The first kappa shape index (κ1) is 13.9. The SMILES string of the molecule is NNC(=O)c1ccccc1OCCC1CCCCC1. The summed E-state index contributed by atoms with van der Waals surface area (Å²) >= 11 is 0. The van der Waals surface area contributed by atoms with Gasteiger partial charge in [-0.25, -0.2) is 5.84 Å². The van der Waals surface area contributed by atoms with Crippen LogP contribution in [0, 0.1) is 5.92 Å². The van der Waals surface area contributed by atoms with Gasteiger partial charge < -0.3 is 4.74 Å². The van der Waals surface area contributed by atoms with E-state index in [4.69, 9.17) is 10.6 Å². The van der Waals surface area contributed by atoms with Crippen molar-refractivity contribution >= 4 is 5.91 Å². The zero-order chi connectivity index (χ0) is 13.5. The van der Waals surface area contributed by atoms with Gasteiger partial charge in [0.05, 0.1) is 12.2 Å². The average molecular weight is 262 g/mol. The highest BCUT2D eigenvalue weighted by Crippen LogP contribution is 2.26. The number of benzene rings is 1. The maximum absolute atomic E-state index is 11.6. The zero-order valence-electron chi connectivity index (χ0n) is 11.2. The number of para-hydroxylation sites is 1. The van der Waals surface area contributed by atoms with Crippen LogP contribution in [-0.2, 0) is 0 Å². The molecule has 0 aliphatic heterocycles. The molecule has 4 nitrogen and oxygen atoms in total. The molecule has 3 N–H and O–H groups in total. The highest BCUT2D eigenvalue weighted by Gasteiger charge is 2.14. The Kier molecular flexibility index (Phi) is 5.21. The lowest BCUT2D eigenvalue weighted by molar-refractivity contribution is 0.0949. The van der Waals surface area contributed by atoms with E-state index < -0.39 is 0 Å². The molecular weight excluding hydrogens is 240 g/mol. The van der Waals surface area contributed by atoms with Crippen molar-refractivity contribution in [3.05, 3.63) is 29.8 Å². The molecule has 1 aliphatic rings. The molecule has 104 valence electrons. The van der Waals surface area contributed by atoms with Crippen LogP contribution in [0.2, 0.25) is 0 Å². The minimum atomic E-state index is -0.312. The fourth-order valence-corrected chi connectivity index (χ4v) is 2.67. The van der Waals surface area contributed by atoms with Gasteiger partial charge in [0.2, 0.25) is 0 Å². The zero-order valence-corrected chi connectivity index (χ0v) is 11.2. The van der Waals surface area contributed by atoms with Crippen molar-refractivity contribution in [2.24, 2.45) is 11.8 Å². The van der Waals surface area contributed by atoms with E-state index >= 15 is 0 Å². The first-order valence-electron chi connectivity index (χ1n) is 7.04. The fourth-order valence-electron chi connectivity index (χ4n) is 2.67. The van der Waals surface area contributed by atoms with E-state index in [2.05, 4.69) is 5.43 Å². The maximum atomic E-state index is 11.6. The number of amides is 1. The first-order valence-corrected chi connectivity index (χ1v) is 7.04. The van der Waals surface area contributed by atoms with Crippen molar-refractivity contribution in [2.75, 3.05) is 6.61 Å². The summed E-state index contributed by atoms with van der Waals surface area (Å²) in [6.45, 7) is 0.666. The van der Waals surface area contributed by atoms with Gasteiger partial charge in [0.25, 0.3) is 5.91 Å². The molecule has 0 saturated heterocycles. The third kappa shape index (κ3) is 3.96. The second-order valence-corrected chi connectivity index (χ2v) is 5.11. The van der Waals surface area contributed by atoms with Crippen LogP contribution >= 0.6 is 0 Å². The molecule has 0 spiro atoms. The molecule has 1 aromatic rings. The number of hydrogen-bond donors (Lipinski definition) is 2. The van der Waals surface area contributed by atoms with E-state index in [9.17, 15) is 4.79 Å². The highest BCUT2D eigenvalue weighted by atomic mass is 16.5. The quantitative estimate of drug-likeness (QED) is 0.487. The van der Waals surface area contributed by atoms with Gasteiger partial charge in [-0.15, -0.1) is 0 Å². The van der Waals surface area contributed by atoms with Crippen LogP contribution in [0.5, 0.6) is 5.75 Å². The molecule has 1 saturated carbocycles. The molecule has 0 unspecified atom stereocenters. The van der Waals surface area contributed by atoms with E-state index in [0.29, 0.717) is 17.9 Å². The van der Waals surface area contributed by atoms with E-state index in [1.54, 1.807) is 12.1 Å². The summed E-state index contributed by atoms with van der Waals surface area (Å²) in [5.74, 6) is 6.25. The van der Waals surface area contributed by atoms with Crippen molar-refractivity contribution in [3.63, 3.8) is 0 Å². The molecule has 0 atom stereocenters. The lowest BCUT2D eigenvalue weighted by Crippen LogP contribution is -2.30. The summed E-state index contributed by atoms with van der Waals surface area (Å²) < 4.78 is 5.75. The summed E-state index contributed by atoms with van der Waals surface area (Å²) in [5, 5.41) is 0. The molecule has 1 amide bonds. The molecule has 0 aromatic heterocycles. The standard InChI is InChI=1S/C15H22N2O2/c16-17-15(18)13-8-4-5-9-14(13)19-11-10-12-6-2-1-3-7-12/h4-5,8-9,12H,1-3,6-7,10-11,16H2,(H,17,18). The number of rotatable bonds is 5. The Morgan fingerprint density at radius 3 is 2.74 bits per heavy atom. The number of carbonyl (C=O) groups is 1. The van der Waals surface area contributed by atoms with Gasteiger partial charge in [0, 0.05) is 0 Å². The predicted octanol–water partition coefficient (Wildman–Crippen LogP) is 2.64. The van der Waals surface area contributed by atoms with Gasteiger partial charge in [-0.05, 0) is 24.5 Å². The Labute approximate surface area is 114 Å². The summed E-state index contributed by atoms with van der Waals surface area (Å²) in [7, 11) is 0. The van der Waals surface area contributed by atoms with Crippen LogP contribution in [0.1, 0.15) is 48.9 Å². The highest BCUT2D eigenvalue weighted by molar-refractivity contribution is 5.96. The Balaban J connectivity index is 1.86. The van der Waals surface area contributed by atoms with Crippen molar-refractivity contribution in [1.29, 1.82) is 0 Å². The molecule has 0 heterocycles. The third-order valence-corrected chi connectivity index (χ3v) is 3.77. The molecule has 1 aromatic carbocycles. The summed E-state index contributed by atoms with van der Waals surface area (Å²) in [5.41, 5.74) is 2.64. The Morgan fingerprint density at radius 2 is 2.00 bits per heavy atom. The number of ether oxygens (including phenoxy) is 1. The lowest BCUT2D eigenvalue weighted by atomic mass is 9.87. The van der Waals surface area contributed by atoms with E-state index in [0.717, 1.165) is 12.3 Å². The van der Waals surface area contributed by atoms with Crippen molar-refractivity contribution in [2.45, 2.75) is 38.5 Å². The van der Waals surface area contributed by atoms with Crippen LogP contribution in [0.3, 0.4) is 0 Å². The maximum Gasteiger partial charge on any atom is 0.268 e. The van der Waals surface area contributed by atoms with Crippen LogP contribution in [-0.4, -0.2) is 12.5 Å². The average Bonchev–Trinajstić information content (AvgIpc) is 2.48. The van der Waals surface area contributed by atoms with Gasteiger partial charge in [-0.2, -0.15) is 0 Å². The van der Waals surface area contributed by atoms with Crippen LogP contribution in [0.15, 0.2) is 24.3 Å². The number of hydrazine groups is 1. The Morgan fingerprint density at radius 1 is 1.26 bits per heavy atom. The van der Waals surface area contributed by atoms with E-state index in [1.165, 1.54) is 32.1 Å². The Hall–Kier alpha value is -1.55. The first-order chi connectivity index (χ1) is 9.31. The summed E-state index contributed by atoms with van der Waals surface area (Å²) in [4.78, 5) is 11.6. The smallest absolute Gasteiger partial charge is 0.268 e. The number of nitrogen functional groups attached to an aromatic ring is 1. The van der Waals surface area contributed by atoms with Gasteiger partial charge in [-0.1, -0.05) is 44.2 Å². The van der Waals surface area contributed by atoms with Crippen LogP contribution in [0.4, 0.5) is 0 Å². The fraction of sp³-hybridized carbons (Fsp3) is 0.533.